The van der Waals surface area contributed by atoms with Gasteiger partial charge < -0.3 is 50.5 Å². The Kier molecular flexibility index (Phi) is 12.9. The molecule has 2 aromatic rings. The van der Waals surface area contributed by atoms with Crippen molar-refractivity contribution in [2.24, 2.45) is 0 Å². The van der Waals surface area contributed by atoms with E-state index in [1.165, 1.54) is 12.1 Å². The molecule has 10 heteroatoms. The zero-order chi connectivity index (χ0) is 18.3. The predicted octanol–water partition coefficient (Wildman–Crippen LogP) is 2.48. The molecule has 0 heterocycles. The molecule has 0 aliphatic rings. The molecular formula is C16H4Co2N4S4. The molecule has 0 saturated heterocycles. The first-order valence-corrected chi connectivity index (χ1v) is 7.67. The van der Waals surface area contributed by atoms with Crippen LogP contribution in [0.5, 0.6) is 0 Å². The second-order valence-corrected chi connectivity index (χ2v) is 5.77. The minimum Gasteiger partial charge on any atom is -0.781 e. The molecule has 0 saturated carbocycles. The van der Waals surface area contributed by atoms with E-state index in [0.717, 1.165) is 0 Å². The van der Waals surface area contributed by atoms with Crippen molar-refractivity contribution in [3.05, 3.63) is 46.5 Å². The molecular weight excluding hydrogens is 494 g/mol. The van der Waals surface area contributed by atoms with Gasteiger partial charge in [0.2, 0.25) is 0 Å². The van der Waals surface area contributed by atoms with Crippen molar-refractivity contribution >= 4 is 50.5 Å². The van der Waals surface area contributed by atoms with Crippen LogP contribution in [0.3, 0.4) is 0 Å². The Morgan fingerprint density at radius 3 is 1.08 bits per heavy atom. The van der Waals surface area contributed by atoms with Crippen LogP contribution >= 0.6 is 0 Å². The van der Waals surface area contributed by atoms with Gasteiger partial charge in [0.05, 0.1) is 23.3 Å². The van der Waals surface area contributed by atoms with Gasteiger partial charge in [-0.05, 0) is 12.1 Å². The molecule has 0 aliphatic heterocycles. The van der Waals surface area contributed by atoms with Crippen molar-refractivity contribution in [3.63, 3.8) is 0 Å². The molecule has 0 spiro atoms. The van der Waals surface area contributed by atoms with E-state index < -0.39 is 0 Å². The van der Waals surface area contributed by atoms with E-state index in [1.807, 2.05) is 24.3 Å². The van der Waals surface area contributed by atoms with Crippen molar-refractivity contribution in [1.82, 2.24) is 0 Å². The summed E-state index contributed by atoms with van der Waals surface area (Å²) in [6.45, 7) is 0. The second kappa shape index (κ2) is 12.6. The van der Waals surface area contributed by atoms with Crippen LogP contribution in [0.1, 0.15) is 22.3 Å². The zero-order valence-corrected chi connectivity index (χ0v) is 17.7. The average Bonchev–Trinajstić information content (AvgIpc) is 2.59. The Balaban J connectivity index is 0. The van der Waals surface area contributed by atoms with Gasteiger partial charge in [0.1, 0.15) is 12.1 Å². The predicted molar refractivity (Wildman–Crippen MR) is 94.3 cm³/mol. The fourth-order valence-corrected chi connectivity index (χ4v) is 2.32. The van der Waals surface area contributed by atoms with Gasteiger partial charge in [0.15, 0.2) is 0 Å². The van der Waals surface area contributed by atoms with E-state index >= 15 is 0 Å². The molecule has 130 valence electrons. The quantitative estimate of drug-likeness (QED) is 0.512. The summed E-state index contributed by atoms with van der Waals surface area (Å²) in [4.78, 5) is 1.49. The molecule has 0 N–H and O–H groups in total. The molecule has 0 atom stereocenters. The average molecular weight is 498 g/mol. The minimum absolute atomic E-state index is 0. The largest absolute Gasteiger partial charge is 2.00 e. The maximum Gasteiger partial charge on any atom is 2.00 e. The summed E-state index contributed by atoms with van der Waals surface area (Å²) in [6.07, 6.45) is 0. The van der Waals surface area contributed by atoms with Crippen molar-refractivity contribution in [2.45, 2.75) is 19.6 Å². The SMILES string of the molecule is N#Cc1ccc([S-])c([S-])c1C#N.N#Cc1ccc([S-])c([S-])c1C#N.[Co+2].[Co+2]. The van der Waals surface area contributed by atoms with Gasteiger partial charge in [-0.2, -0.15) is 40.6 Å². The van der Waals surface area contributed by atoms with E-state index in [-0.39, 0.29) is 55.8 Å². The Hall–Kier alpha value is -1.71. The Labute approximate surface area is 194 Å². The number of rotatable bonds is 0. The van der Waals surface area contributed by atoms with E-state index in [1.54, 1.807) is 12.1 Å². The summed E-state index contributed by atoms with van der Waals surface area (Å²) in [7, 11) is 0. The summed E-state index contributed by atoms with van der Waals surface area (Å²) in [5.74, 6) is 0. The summed E-state index contributed by atoms with van der Waals surface area (Å²) in [5, 5.41) is 34.4. The number of nitrogens with zero attached hydrogens (tertiary/aromatic N) is 4. The number of benzene rings is 2. The van der Waals surface area contributed by atoms with Crippen LogP contribution in [0.2, 0.25) is 0 Å². The topological polar surface area (TPSA) is 95.2 Å². The van der Waals surface area contributed by atoms with Gasteiger partial charge in [-0.1, -0.05) is 12.1 Å². The maximum absolute atomic E-state index is 8.64. The monoisotopic (exact) mass is 498 g/mol. The molecule has 2 rings (SSSR count). The van der Waals surface area contributed by atoms with Crippen molar-refractivity contribution in [3.8, 4) is 24.3 Å². The minimum atomic E-state index is 0. The Bertz CT molecular complexity index is 887. The third-order valence-electron chi connectivity index (χ3n) is 2.71. The molecule has 0 aromatic heterocycles. The van der Waals surface area contributed by atoms with Crippen molar-refractivity contribution < 1.29 is 33.6 Å². The number of hydrogen-bond donors (Lipinski definition) is 0. The van der Waals surface area contributed by atoms with Gasteiger partial charge >= 0.3 is 33.6 Å². The normalized spacial score (nSPS) is 7.85. The van der Waals surface area contributed by atoms with E-state index in [2.05, 4.69) is 0 Å². The Morgan fingerprint density at radius 2 is 0.846 bits per heavy atom. The van der Waals surface area contributed by atoms with Gasteiger partial charge in [0.25, 0.3) is 0 Å². The molecule has 2 radical (unpaired) electrons. The molecule has 0 fully saturated rings. The second-order valence-electron chi connectivity index (χ2n) is 4.08. The molecule has 0 amide bonds. The summed E-state index contributed by atoms with van der Waals surface area (Å²) < 4.78 is 0. The van der Waals surface area contributed by atoms with Gasteiger partial charge in [-0.3, -0.25) is 0 Å². The first kappa shape index (κ1) is 26.5. The first-order valence-electron chi connectivity index (χ1n) is 6.03. The first-order chi connectivity index (χ1) is 11.4. The third-order valence-corrected chi connectivity index (χ3v) is 4.49. The Morgan fingerprint density at radius 1 is 0.538 bits per heavy atom. The van der Waals surface area contributed by atoms with Crippen molar-refractivity contribution in [2.75, 3.05) is 0 Å². The molecule has 2 aromatic carbocycles. The fraction of sp³-hybridized carbons (Fsp3) is 0. The van der Waals surface area contributed by atoms with Crippen LogP contribution in [-0.2, 0) is 84.1 Å². The van der Waals surface area contributed by atoms with Gasteiger partial charge in [0, 0.05) is 11.1 Å². The van der Waals surface area contributed by atoms with E-state index in [0.29, 0.717) is 19.6 Å². The number of nitriles is 4. The molecule has 26 heavy (non-hydrogen) atoms. The molecule has 0 unspecified atom stereocenters. The maximum atomic E-state index is 8.64. The van der Waals surface area contributed by atoms with Crippen LogP contribution in [-0.4, -0.2) is 0 Å². The van der Waals surface area contributed by atoms with Crippen LogP contribution in [0, 0.1) is 45.3 Å². The summed E-state index contributed by atoms with van der Waals surface area (Å²) in [6, 6.07) is 13.6. The summed E-state index contributed by atoms with van der Waals surface area (Å²) in [5.41, 5.74) is 0.993. The van der Waals surface area contributed by atoms with Crippen LogP contribution in [0.25, 0.3) is 0 Å². The summed E-state index contributed by atoms with van der Waals surface area (Å²) >= 11 is 19.4. The van der Waals surface area contributed by atoms with Gasteiger partial charge in [-0.15, -0.1) is 0 Å². The zero-order valence-electron chi connectivity index (χ0n) is 12.4. The van der Waals surface area contributed by atoms with Gasteiger partial charge in [-0.25, -0.2) is 0 Å². The van der Waals surface area contributed by atoms with Crippen LogP contribution < -0.4 is 0 Å². The number of hydrogen-bond acceptors (Lipinski definition) is 8. The van der Waals surface area contributed by atoms with E-state index in [4.69, 9.17) is 71.6 Å². The molecule has 4 nitrogen and oxygen atoms in total. The van der Waals surface area contributed by atoms with Crippen LogP contribution in [0.15, 0.2) is 43.8 Å². The van der Waals surface area contributed by atoms with Crippen LogP contribution in [0.4, 0.5) is 0 Å². The molecule has 0 aliphatic carbocycles. The smallest absolute Gasteiger partial charge is 0.781 e. The fourth-order valence-electron chi connectivity index (χ4n) is 1.54. The standard InChI is InChI=1S/2C8H4N2S2.2Co/c2*9-3-5-1-2-7(11)8(12)6(5)4-10;;/h2*1-2,11-12H;;/q;;2*+2/p-4. The third kappa shape index (κ3) is 6.23. The van der Waals surface area contributed by atoms with Crippen molar-refractivity contribution in [1.29, 1.82) is 21.0 Å². The van der Waals surface area contributed by atoms with E-state index in [9.17, 15) is 0 Å². The molecule has 0 bridgehead atoms.